The minimum Gasteiger partial charge on any atom is -0.360 e. The zero-order valence-electron chi connectivity index (χ0n) is 6.58. The summed E-state index contributed by atoms with van der Waals surface area (Å²) in [7, 11) is 0. The summed E-state index contributed by atoms with van der Waals surface area (Å²) in [5, 5.41) is 6.76. The van der Waals surface area contributed by atoms with Crippen molar-refractivity contribution in [3.63, 3.8) is 0 Å². The average Bonchev–Trinajstić information content (AvgIpc) is 2.50. The molecule has 0 fully saturated rings. The van der Waals surface area contributed by atoms with Crippen LogP contribution < -0.4 is 5.32 Å². The molecule has 0 aromatic carbocycles. The van der Waals surface area contributed by atoms with Gasteiger partial charge in [0, 0.05) is 12.6 Å². The van der Waals surface area contributed by atoms with Gasteiger partial charge in [-0.15, -0.1) is 0 Å². The van der Waals surface area contributed by atoms with Gasteiger partial charge >= 0.3 is 0 Å². The van der Waals surface area contributed by atoms with Gasteiger partial charge in [0.25, 0.3) is 0 Å². The van der Waals surface area contributed by atoms with E-state index in [9.17, 15) is 0 Å². The lowest BCUT2D eigenvalue weighted by Crippen LogP contribution is -2.11. The lowest BCUT2D eigenvalue weighted by molar-refractivity contribution is 0.375. The molecule has 0 amide bonds. The van der Waals surface area contributed by atoms with E-state index in [1.54, 1.807) is 6.20 Å². The second-order valence-electron chi connectivity index (χ2n) is 2.18. The van der Waals surface area contributed by atoms with E-state index in [2.05, 4.69) is 16.5 Å². The summed E-state index contributed by atoms with van der Waals surface area (Å²) in [6, 6.07) is 1.85. The van der Waals surface area contributed by atoms with E-state index >= 15 is 0 Å². The molecule has 3 nitrogen and oxygen atoms in total. The summed E-state index contributed by atoms with van der Waals surface area (Å²) in [5.41, 5.74) is 0. The molecule has 1 rings (SSSR count). The molecular weight excluding hydrogens is 140 g/mol. The molecule has 0 spiro atoms. The van der Waals surface area contributed by atoms with E-state index in [4.69, 9.17) is 4.52 Å². The van der Waals surface area contributed by atoms with Crippen molar-refractivity contribution in [2.75, 3.05) is 6.54 Å². The predicted octanol–water partition coefficient (Wildman–Crippen LogP) is 1.34. The van der Waals surface area contributed by atoms with Crippen LogP contribution in [0.5, 0.6) is 0 Å². The fourth-order valence-electron chi connectivity index (χ4n) is 0.730. The second kappa shape index (κ2) is 4.68. The Bertz CT molecular complexity index is 204. The molecule has 0 radical (unpaired) electrons. The van der Waals surface area contributed by atoms with E-state index in [-0.39, 0.29) is 0 Å². The molecule has 1 aromatic rings. The smallest absolute Gasteiger partial charge is 0.150 e. The zero-order chi connectivity index (χ0) is 7.94. The summed E-state index contributed by atoms with van der Waals surface area (Å²) >= 11 is 0. The van der Waals surface area contributed by atoms with Gasteiger partial charge in [-0.05, 0) is 6.92 Å². The Morgan fingerprint density at radius 1 is 1.73 bits per heavy atom. The zero-order valence-corrected chi connectivity index (χ0v) is 6.58. The van der Waals surface area contributed by atoms with Crippen molar-refractivity contribution >= 4 is 0 Å². The molecule has 60 valence electrons. The molecule has 1 aromatic heterocycles. The molecule has 0 atom stereocenters. The van der Waals surface area contributed by atoms with Gasteiger partial charge in [0.05, 0.1) is 12.7 Å². The second-order valence-corrected chi connectivity index (χ2v) is 2.18. The summed E-state index contributed by atoms with van der Waals surface area (Å²) in [5.74, 6) is 0.870. The minimum absolute atomic E-state index is 0.740. The summed E-state index contributed by atoms with van der Waals surface area (Å²) < 4.78 is 4.88. The summed E-state index contributed by atoms with van der Waals surface area (Å²) in [6.45, 7) is 3.61. The van der Waals surface area contributed by atoms with Crippen molar-refractivity contribution in [2.24, 2.45) is 0 Å². The van der Waals surface area contributed by atoms with Crippen LogP contribution >= 0.6 is 0 Å². The molecule has 0 aliphatic carbocycles. The fraction of sp³-hybridized carbons (Fsp3) is 0.375. The maximum absolute atomic E-state index is 4.88. The highest BCUT2D eigenvalue weighted by atomic mass is 16.5. The number of nitrogens with zero attached hydrogens (tertiary/aromatic N) is 1. The number of hydrogen-bond donors (Lipinski definition) is 1. The van der Waals surface area contributed by atoms with Crippen LogP contribution in [0.1, 0.15) is 12.7 Å². The fourth-order valence-corrected chi connectivity index (χ4v) is 0.730. The van der Waals surface area contributed by atoms with Gasteiger partial charge in [-0.3, -0.25) is 0 Å². The lowest BCUT2D eigenvalue weighted by atomic mass is 10.4. The molecule has 0 aliphatic heterocycles. The molecule has 0 saturated carbocycles. The first kappa shape index (κ1) is 8.01. The Hall–Kier alpha value is -1.09. The maximum atomic E-state index is 4.88. The topological polar surface area (TPSA) is 38.1 Å². The van der Waals surface area contributed by atoms with Crippen molar-refractivity contribution in [3.05, 3.63) is 30.2 Å². The number of rotatable bonds is 4. The van der Waals surface area contributed by atoms with Crippen LogP contribution in [0.3, 0.4) is 0 Å². The van der Waals surface area contributed by atoms with Crippen molar-refractivity contribution in [1.29, 1.82) is 0 Å². The number of hydrogen-bond acceptors (Lipinski definition) is 3. The Kier molecular flexibility index (Phi) is 3.41. The van der Waals surface area contributed by atoms with Crippen molar-refractivity contribution in [2.45, 2.75) is 13.5 Å². The van der Waals surface area contributed by atoms with Crippen molar-refractivity contribution in [3.8, 4) is 0 Å². The van der Waals surface area contributed by atoms with Gasteiger partial charge in [-0.25, -0.2) is 0 Å². The van der Waals surface area contributed by atoms with E-state index in [0.29, 0.717) is 0 Å². The first-order chi connectivity index (χ1) is 5.43. The third-order valence-electron chi connectivity index (χ3n) is 1.29. The molecular formula is C8H12N2O. The van der Waals surface area contributed by atoms with Crippen LogP contribution in [-0.2, 0) is 6.54 Å². The number of aromatic nitrogens is 1. The Balaban J connectivity index is 2.14. The molecule has 0 saturated heterocycles. The summed E-state index contributed by atoms with van der Waals surface area (Å²) in [6.07, 6.45) is 5.70. The van der Waals surface area contributed by atoms with Crippen LogP contribution in [0.15, 0.2) is 28.9 Å². The van der Waals surface area contributed by atoms with Gasteiger partial charge < -0.3 is 9.84 Å². The molecule has 1 N–H and O–H groups in total. The predicted molar refractivity (Wildman–Crippen MR) is 43.0 cm³/mol. The van der Waals surface area contributed by atoms with E-state index < -0.39 is 0 Å². The third-order valence-corrected chi connectivity index (χ3v) is 1.29. The first-order valence-corrected chi connectivity index (χ1v) is 3.65. The monoisotopic (exact) mass is 152 g/mol. The van der Waals surface area contributed by atoms with E-state index in [0.717, 1.165) is 18.8 Å². The van der Waals surface area contributed by atoms with E-state index in [1.165, 1.54) is 0 Å². The Labute approximate surface area is 66.1 Å². The lowest BCUT2D eigenvalue weighted by Gasteiger charge is -1.94. The largest absolute Gasteiger partial charge is 0.360 e. The van der Waals surface area contributed by atoms with Crippen molar-refractivity contribution in [1.82, 2.24) is 10.5 Å². The molecule has 1 heterocycles. The highest BCUT2D eigenvalue weighted by Gasteiger charge is 1.92. The molecule has 0 bridgehead atoms. The SMILES string of the molecule is C/C=C/CNCc1ccno1. The minimum atomic E-state index is 0.740. The third kappa shape index (κ3) is 3.00. The van der Waals surface area contributed by atoms with Gasteiger partial charge in [-0.2, -0.15) is 0 Å². The maximum Gasteiger partial charge on any atom is 0.150 e. The molecule has 11 heavy (non-hydrogen) atoms. The van der Waals surface area contributed by atoms with E-state index in [1.807, 2.05) is 19.1 Å². The van der Waals surface area contributed by atoms with Crippen LogP contribution in [0.2, 0.25) is 0 Å². The Morgan fingerprint density at radius 2 is 2.64 bits per heavy atom. The first-order valence-electron chi connectivity index (χ1n) is 3.65. The highest BCUT2D eigenvalue weighted by Crippen LogP contribution is 1.93. The van der Waals surface area contributed by atoms with Crippen LogP contribution in [0, 0.1) is 0 Å². The molecule has 0 aliphatic rings. The van der Waals surface area contributed by atoms with Gasteiger partial charge in [-0.1, -0.05) is 17.3 Å². The van der Waals surface area contributed by atoms with Gasteiger partial charge in [0.1, 0.15) is 5.76 Å². The van der Waals surface area contributed by atoms with Gasteiger partial charge in [0.15, 0.2) is 0 Å². The standard InChI is InChI=1S/C8H12N2O/c1-2-3-5-9-7-8-4-6-10-11-8/h2-4,6,9H,5,7H2,1H3/b3-2+. The van der Waals surface area contributed by atoms with Crippen LogP contribution in [0.4, 0.5) is 0 Å². The van der Waals surface area contributed by atoms with Gasteiger partial charge in [0.2, 0.25) is 0 Å². The van der Waals surface area contributed by atoms with Crippen LogP contribution in [-0.4, -0.2) is 11.7 Å². The normalized spacial score (nSPS) is 11.0. The molecule has 0 unspecified atom stereocenters. The van der Waals surface area contributed by atoms with Crippen molar-refractivity contribution < 1.29 is 4.52 Å². The molecule has 3 heteroatoms. The highest BCUT2D eigenvalue weighted by molar-refractivity contribution is 4.92. The summed E-state index contributed by atoms with van der Waals surface area (Å²) in [4.78, 5) is 0. The van der Waals surface area contributed by atoms with Crippen LogP contribution in [0.25, 0.3) is 0 Å². The Morgan fingerprint density at radius 3 is 3.27 bits per heavy atom. The average molecular weight is 152 g/mol. The number of allylic oxidation sites excluding steroid dienone is 1. The quantitative estimate of drug-likeness (QED) is 0.522. The number of nitrogens with one attached hydrogen (secondary N) is 1.